The van der Waals surface area contributed by atoms with E-state index < -0.39 is 27.4 Å². The van der Waals surface area contributed by atoms with E-state index in [1.54, 1.807) is 55.2 Å². The maximum absolute atomic E-state index is 13.7. The third kappa shape index (κ3) is 6.23. The molecule has 13 nitrogen and oxygen atoms in total. The highest BCUT2D eigenvalue weighted by Crippen LogP contribution is 2.31. The number of rotatable bonds is 11. The van der Waals surface area contributed by atoms with Gasteiger partial charge in [-0.05, 0) is 53.2 Å². The standard InChI is InChI=1S/C25H32N8O5S/c1-14(2)37-21(22-26-11-15(3)12-27-22)18(6)39(34,35)32-25-31-30-23(19-9-8-10-20(29-19)36-7)33(25)17(5)24-28-13-16(4)38-24/h8-14,17-18,21H,1-7H3,(H,31,32)/t17-,18+,21-/m1/s1. The van der Waals surface area contributed by atoms with Gasteiger partial charge in [-0.25, -0.2) is 28.4 Å². The summed E-state index contributed by atoms with van der Waals surface area (Å²) in [5, 5.41) is 7.34. The fraction of sp³-hybridized carbons (Fsp3) is 0.440. The molecule has 14 heteroatoms. The Labute approximate surface area is 227 Å². The van der Waals surface area contributed by atoms with Crippen molar-refractivity contribution in [2.75, 3.05) is 11.8 Å². The molecule has 0 radical (unpaired) electrons. The van der Waals surface area contributed by atoms with Gasteiger partial charge in [0.15, 0.2) is 11.6 Å². The molecular weight excluding hydrogens is 524 g/mol. The van der Waals surface area contributed by atoms with Gasteiger partial charge in [-0.2, -0.15) is 0 Å². The zero-order valence-electron chi connectivity index (χ0n) is 22.9. The minimum Gasteiger partial charge on any atom is -0.481 e. The lowest BCUT2D eigenvalue weighted by atomic mass is 10.2. The predicted molar refractivity (Wildman–Crippen MR) is 143 cm³/mol. The zero-order valence-corrected chi connectivity index (χ0v) is 23.7. The van der Waals surface area contributed by atoms with Gasteiger partial charge in [-0.15, -0.1) is 10.2 Å². The summed E-state index contributed by atoms with van der Waals surface area (Å²) < 4.78 is 48.6. The Bertz CT molecular complexity index is 1520. The molecule has 0 saturated carbocycles. The van der Waals surface area contributed by atoms with Crippen LogP contribution in [0.25, 0.3) is 11.5 Å². The molecule has 4 aromatic rings. The van der Waals surface area contributed by atoms with E-state index in [2.05, 4.69) is 34.9 Å². The number of aryl methyl sites for hydroxylation is 2. The van der Waals surface area contributed by atoms with Crippen LogP contribution in [0, 0.1) is 13.8 Å². The van der Waals surface area contributed by atoms with Crippen LogP contribution in [0.3, 0.4) is 0 Å². The van der Waals surface area contributed by atoms with Gasteiger partial charge < -0.3 is 13.9 Å². The molecule has 0 aliphatic rings. The van der Waals surface area contributed by atoms with Crippen molar-refractivity contribution in [3.8, 4) is 17.4 Å². The molecule has 208 valence electrons. The third-order valence-electron chi connectivity index (χ3n) is 5.86. The van der Waals surface area contributed by atoms with Gasteiger partial charge in [-0.1, -0.05) is 6.07 Å². The van der Waals surface area contributed by atoms with Crippen LogP contribution in [0.4, 0.5) is 5.95 Å². The van der Waals surface area contributed by atoms with Crippen molar-refractivity contribution in [1.82, 2.24) is 34.7 Å². The number of aromatic nitrogens is 7. The lowest BCUT2D eigenvalue weighted by Gasteiger charge is -2.25. The lowest BCUT2D eigenvalue weighted by Crippen LogP contribution is -2.35. The summed E-state index contributed by atoms with van der Waals surface area (Å²) in [5.74, 6) is 1.83. The number of ether oxygens (including phenoxy) is 2. The summed E-state index contributed by atoms with van der Waals surface area (Å²) in [5.41, 5.74) is 1.27. The molecule has 0 aliphatic heterocycles. The molecule has 0 aliphatic carbocycles. The molecule has 0 amide bonds. The number of anilines is 1. The molecule has 0 unspecified atom stereocenters. The Hall–Kier alpha value is -3.91. The van der Waals surface area contributed by atoms with Gasteiger partial charge >= 0.3 is 0 Å². The number of methoxy groups -OCH3 is 1. The molecule has 4 rings (SSSR count). The fourth-order valence-electron chi connectivity index (χ4n) is 3.84. The first-order chi connectivity index (χ1) is 18.5. The van der Waals surface area contributed by atoms with Crippen LogP contribution in [0.15, 0.2) is 41.2 Å². The van der Waals surface area contributed by atoms with Gasteiger partial charge in [0, 0.05) is 18.5 Å². The Kier molecular flexibility index (Phi) is 8.25. The van der Waals surface area contributed by atoms with Crippen LogP contribution >= 0.6 is 0 Å². The summed E-state index contributed by atoms with van der Waals surface area (Å²) >= 11 is 0. The fourth-order valence-corrected chi connectivity index (χ4v) is 4.93. The van der Waals surface area contributed by atoms with Gasteiger partial charge in [0.25, 0.3) is 0 Å². The highest BCUT2D eigenvalue weighted by Gasteiger charge is 2.36. The molecule has 0 spiro atoms. The van der Waals surface area contributed by atoms with Gasteiger partial charge in [0.1, 0.15) is 28.8 Å². The average molecular weight is 557 g/mol. The van der Waals surface area contributed by atoms with E-state index in [9.17, 15) is 8.42 Å². The highest BCUT2D eigenvalue weighted by molar-refractivity contribution is 7.93. The first kappa shape index (κ1) is 28.1. The summed E-state index contributed by atoms with van der Waals surface area (Å²) in [4.78, 5) is 17.4. The second-order valence-electron chi connectivity index (χ2n) is 9.34. The number of sulfonamides is 1. The smallest absolute Gasteiger partial charge is 0.240 e. The second kappa shape index (κ2) is 11.5. The van der Waals surface area contributed by atoms with Crippen molar-refractivity contribution in [3.63, 3.8) is 0 Å². The molecule has 0 aromatic carbocycles. The molecule has 0 saturated heterocycles. The van der Waals surface area contributed by atoms with Crippen LogP contribution in [0.5, 0.6) is 5.88 Å². The lowest BCUT2D eigenvalue weighted by molar-refractivity contribution is 0.00152. The zero-order chi connectivity index (χ0) is 28.3. The summed E-state index contributed by atoms with van der Waals surface area (Å²) in [7, 11) is -2.60. The van der Waals surface area contributed by atoms with E-state index in [4.69, 9.17) is 13.9 Å². The Morgan fingerprint density at radius 2 is 1.72 bits per heavy atom. The van der Waals surface area contributed by atoms with E-state index >= 15 is 0 Å². The van der Waals surface area contributed by atoms with Crippen LogP contribution in [-0.2, 0) is 14.8 Å². The number of pyridine rings is 1. The maximum atomic E-state index is 13.7. The SMILES string of the molecule is COc1cccc(-c2nnc(NS(=O)(=O)[C@@H](C)[C@@H](OC(C)C)c3ncc(C)cn3)n2[C@H](C)c2ncc(C)o2)n1. The summed E-state index contributed by atoms with van der Waals surface area (Å²) in [6.07, 6.45) is 3.61. The van der Waals surface area contributed by atoms with Gasteiger partial charge in [0.2, 0.25) is 27.7 Å². The topological polar surface area (TPSA) is 160 Å². The number of hydrogen-bond acceptors (Lipinski definition) is 11. The van der Waals surface area contributed by atoms with Crippen molar-refractivity contribution in [2.45, 2.75) is 65.0 Å². The van der Waals surface area contributed by atoms with E-state index in [1.165, 1.54) is 14.0 Å². The van der Waals surface area contributed by atoms with Crippen LogP contribution in [-0.4, -0.2) is 61.6 Å². The highest BCUT2D eigenvalue weighted by atomic mass is 32.2. The van der Waals surface area contributed by atoms with E-state index in [1.807, 2.05) is 20.8 Å². The van der Waals surface area contributed by atoms with Crippen LogP contribution in [0.2, 0.25) is 0 Å². The van der Waals surface area contributed by atoms with Gasteiger partial charge in [-0.3, -0.25) is 9.29 Å². The second-order valence-corrected chi connectivity index (χ2v) is 11.4. The first-order valence-corrected chi connectivity index (χ1v) is 13.9. The molecule has 39 heavy (non-hydrogen) atoms. The maximum Gasteiger partial charge on any atom is 0.240 e. The van der Waals surface area contributed by atoms with E-state index in [0.717, 1.165) is 5.56 Å². The molecule has 4 aromatic heterocycles. The third-order valence-corrected chi connectivity index (χ3v) is 7.56. The molecule has 1 N–H and O–H groups in total. The van der Waals surface area contributed by atoms with Crippen LogP contribution < -0.4 is 9.46 Å². The van der Waals surface area contributed by atoms with Crippen LogP contribution in [0.1, 0.15) is 62.9 Å². The monoisotopic (exact) mass is 556 g/mol. The van der Waals surface area contributed by atoms with Crippen molar-refractivity contribution in [2.24, 2.45) is 0 Å². The number of nitrogens with zero attached hydrogens (tertiary/aromatic N) is 7. The Morgan fingerprint density at radius 1 is 1.00 bits per heavy atom. The first-order valence-electron chi connectivity index (χ1n) is 12.3. The number of nitrogens with one attached hydrogen (secondary N) is 1. The Morgan fingerprint density at radius 3 is 2.33 bits per heavy atom. The van der Waals surface area contributed by atoms with Crippen molar-refractivity contribution >= 4 is 16.0 Å². The molecule has 4 heterocycles. The van der Waals surface area contributed by atoms with Crippen molar-refractivity contribution < 1.29 is 22.3 Å². The molecule has 0 fully saturated rings. The minimum atomic E-state index is -4.11. The summed E-state index contributed by atoms with van der Waals surface area (Å²) in [6.45, 7) is 10.6. The van der Waals surface area contributed by atoms with Crippen molar-refractivity contribution in [1.29, 1.82) is 0 Å². The number of hydrogen-bond donors (Lipinski definition) is 1. The molecule has 3 atom stereocenters. The predicted octanol–water partition coefficient (Wildman–Crippen LogP) is 3.65. The largest absolute Gasteiger partial charge is 0.481 e. The molecule has 0 bridgehead atoms. The average Bonchev–Trinajstić information content (AvgIpc) is 3.53. The van der Waals surface area contributed by atoms with Gasteiger partial charge in [0.05, 0.1) is 19.4 Å². The van der Waals surface area contributed by atoms with E-state index in [-0.39, 0.29) is 17.9 Å². The van der Waals surface area contributed by atoms with Crippen molar-refractivity contribution in [3.05, 3.63) is 59.8 Å². The number of oxazole rings is 1. The van der Waals surface area contributed by atoms with E-state index in [0.29, 0.717) is 29.0 Å². The normalized spacial score (nSPS) is 14.3. The summed E-state index contributed by atoms with van der Waals surface area (Å²) in [6, 6.07) is 4.58. The minimum absolute atomic E-state index is 0.0436. The molecular formula is C25H32N8O5S. The quantitative estimate of drug-likeness (QED) is 0.287. The Balaban J connectivity index is 1.75.